The zero-order valence-corrected chi connectivity index (χ0v) is 36.4. The minimum absolute atomic E-state index is 0.0129. The number of carbonyl (C=O) groups is 2. The first-order chi connectivity index (χ1) is 24.0. The molecule has 4 fully saturated rings. The molecule has 0 heterocycles. The number of ether oxygens (including phenoxy) is 4. The van der Waals surface area contributed by atoms with E-state index in [-0.39, 0.29) is 64.1 Å². The molecular weight excluding hydrogens is 648 g/mol. The minimum Gasteiger partial charge on any atom is -0.435 e. The highest BCUT2D eigenvalue weighted by molar-refractivity contribution is 5.73. The summed E-state index contributed by atoms with van der Waals surface area (Å²) < 4.78 is 24.8. The van der Waals surface area contributed by atoms with Gasteiger partial charge in [0.25, 0.3) is 0 Å². The summed E-state index contributed by atoms with van der Waals surface area (Å²) in [4.78, 5) is 26.1. The van der Waals surface area contributed by atoms with Crippen molar-refractivity contribution < 1.29 is 28.5 Å². The van der Waals surface area contributed by atoms with Crippen LogP contribution in [0, 0.1) is 57.2 Å². The van der Waals surface area contributed by atoms with E-state index in [4.69, 9.17) is 18.9 Å². The van der Waals surface area contributed by atoms with Crippen LogP contribution >= 0.6 is 0 Å². The SMILES string of the molecule is CC(C)(C)COC(OC(=O)C(CC(C)(C)C)C(C)(C)C)C1CC2CCC1C2.CCC(CC(C)(C)C)C(=O)OC(OC1CCCCC1)C1CCCCC1. The van der Waals surface area contributed by atoms with E-state index in [1.165, 1.54) is 57.8 Å². The zero-order chi connectivity index (χ0) is 38.9. The molecule has 0 amide bonds. The monoisotopic (exact) mass is 733 g/mol. The quantitative estimate of drug-likeness (QED) is 0.139. The Morgan fingerprint density at radius 2 is 1.17 bits per heavy atom. The molecule has 0 N–H and O–H groups in total. The molecule has 4 aliphatic carbocycles. The molecule has 4 rings (SSSR count). The van der Waals surface area contributed by atoms with Crippen molar-refractivity contribution in [3.8, 4) is 0 Å². The van der Waals surface area contributed by atoms with Crippen molar-refractivity contribution in [3.05, 3.63) is 0 Å². The molecule has 0 aromatic heterocycles. The molecule has 4 saturated carbocycles. The van der Waals surface area contributed by atoms with E-state index >= 15 is 0 Å². The molecule has 2 bridgehead atoms. The summed E-state index contributed by atoms with van der Waals surface area (Å²) in [6.07, 6.45) is 19.3. The molecule has 0 aromatic rings. The maximum Gasteiger partial charge on any atom is 0.311 e. The van der Waals surface area contributed by atoms with E-state index in [0.717, 1.165) is 57.3 Å². The predicted octanol–water partition coefficient (Wildman–Crippen LogP) is 12.7. The summed E-state index contributed by atoms with van der Waals surface area (Å²) in [7, 11) is 0. The molecule has 7 unspecified atom stereocenters. The van der Waals surface area contributed by atoms with Crippen molar-refractivity contribution >= 4 is 11.9 Å². The first-order valence-electron chi connectivity index (χ1n) is 21.7. The summed E-state index contributed by atoms with van der Waals surface area (Å²) in [6, 6.07) is 0. The Bertz CT molecular complexity index is 1060. The lowest BCUT2D eigenvalue weighted by atomic mass is 9.72. The fourth-order valence-electron chi connectivity index (χ4n) is 9.13. The highest BCUT2D eigenvalue weighted by atomic mass is 16.7. The summed E-state index contributed by atoms with van der Waals surface area (Å²) in [5.74, 6) is 2.02. The Balaban J connectivity index is 0.000000281. The number of hydrogen-bond donors (Lipinski definition) is 0. The number of esters is 2. The average Bonchev–Trinajstić information content (AvgIpc) is 3.68. The van der Waals surface area contributed by atoms with Gasteiger partial charge >= 0.3 is 11.9 Å². The van der Waals surface area contributed by atoms with Gasteiger partial charge in [0.05, 0.1) is 24.5 Å². The van der Waals surface area contributed by atoms with Crippen LogP contribution in [-0.4, -0.2) is 37.2 Å². The number of hydrogen-bond acceptors (Lipinski definition) is 6. The third-order valence-electron chi connectivity index (χ3n) is 12.0. The van der Waals surface area contributed by atoms with Crippen LogP contribution in [0.4, 0.5) is 0 Å². The standard InChI is InChI=1S/C24H44O3.C22H40O3/c1-22(2,3)14-19(24(7,8)9)20(25)27-21(26-15-23(4,5)6)18-13-16-10-11-17(18)12-16;1-5-17(16-22(2,3)4)20(23)25-21(18-12-8-6-9-13-18)24-19-14-10-7-11-15-19/h16-19,21H,10-15H2,1-9H3;17-19,21H,5-16H2,1-4H3. The Kier molecular flexibility index (Phi) is 17.1. The van der Waals surface area contributed by atoms with E-state index in [9.17, 15) is 9.59 Å². The first-order valence-corrected chi connectivity index (χ1v) is 21.7. The molecule has 0 spiro atoms. The van der Waals surface area contributed by atoms with Crippen molar-refractivity contribution in [3.63, 3.8) is 0 Å². The van der Waals surface area contributed by atoms with Crippen LogP contribution in [0.25, 0.3) is 0 Å². The van der Waals surface area contributed by atoms with Crippen LogP contribution in [0.15, 0.2) is 0 Å². The van der Waals surface area contributed by atoms with Gasteiger partial charge in [0, 0.05) is 11.8 Å². The summed E-state index contributed by atoms with van der Waals surface area (Å²) >= 11 is 0. The van der Waals surface area contributed by atoms with Gasteiger partial charge in [0.2, 0.25) is 12.6 Å². The topological polar surface area (TPSA) is 71.1 Å². The second-order valence-corrected chi connectivity index (χ2v) is 22.2. The van der Waals surface area contributed by atoms with Crippen LogP contribution in [0.5, 0.6) is 0 Å². The van der Waals surface area contributed by atoms with Gasteiger partial charge in [-0.1, -0.05) is 135 Å². The maximum absolute atomic E-state index is 13.3. The van der Waals surface area contributed by atoms with Crippen LogP contribution < -0.4 is 0 Å². The van der Waals surface area contributed by atoms with Crippen LogP contribution in [0.2, 0.25) is 0 Å². The van der Waals surface area contributed by atoms with Gasteiger partial charge < -0.3 is 18.9 Å². The smallest absolute Gasteiger partial charge is 0.311 e. The average molecular weight is 733 g/mol. The fourth-order valence-corrected chi connectivity index (χ4v) is 9.13. The van der Waals surface area contributed by atoms with E-state index in [1.54, 1.807) is 0 Å². The normalized spacial score (nSPS) is 25.8. The highest BCUT2D eigenvalue weighted by Crippen LogP contribution is 2.51. The van der Waals surface area contributed by atoms with Gasteiger partial charge in [-0.05, 0) is 97.7 Å². The Hall–Kier alpha value is -1.14. The van der Waals surface area contributed by atoms with Crippen molar-refractivity contribution in [2.24, 2.45) is 57.2 Å². The largest absolute Gasteiger partial charge is 0.435 e. The van der Waals surface area contributed by atoms with Gasteiger partial charge in [0.15, 0.2) is 0 Å². The summed E-state index contributed by atoms with van der Waals surface area (Å²) in [6.45, 7) is 28.8. The number of carbonyl (C=O) groups excluding carboxylic acids is 2. The zero-order valence-electron chi connectivity index (χ0n) is 36.4. The van der Waals surface area contributed by atoms with Gasteiger partial charge in [-0.25, -0.2) is 0 Å². The third kappa shape index (κ3) is 15.9. The van der Waals surface area contributed by atoms with Crippen LogP contribution in [0.3, 0.4) is 0 Å². The van der Waals surface area contributed by atoms with Gasteiger partial charge in [-0.2, -0.15) is 0 Å². The molecule has 6 heteroatoms. The molecular formula is C46H84O6. The lowest BCUT2D eigenvalue weighted by Crippen LogP contribution is -2.40. The number of fused-ring (bicyclic) bond motifs is 2. The Morgan fingerprint density at radius 1 is 0.615 bits per heavy atom. The highest BCUT2D eigenvalue weighted by Gasteiger charge is 2.47. The van der Waals surface area contributed by atoms with E-state index in [1.807, 2.05) is 0 Å². The molecule has 0 radical (unpaired) electrons. The fraction of sp³-hybridized carbons (Fsp3) is 0.957. The molecule has 304 valence electrons. The van der Waals surface area contributed by atoms with Crippen molar-refractivity contribution in [2.75, 3.05) is 6.61 Å². The first kappa shape index (κ1) is 45.3. The third-order valence-corrected chi connectivity index (χ3v) is 12.0. The molecule has 0 aromatic carbocycles. The van der Waals surface area contributed by atoms with Gasteiger partial charge in [-0.3, -0.25) is 9.59 Å². The molecule has 6 nitrogen and oxygen atoms in total. The second-order valence-electron chi connectivity index (χ2n) is 22.2. The van der Waals surface area contributed by atoms with E-state index < -0.39 is 0 Å². The van der Waals surface area contributed by atoms with Gasteiger partial charge in [0.1, 0.15) is 0 Å². The van der Waals surface area contributed by atoms with Crippen molar-refractivity contribution in [1.29, 1.82) is 0 Å². The predicted molar refractivity (Wildman–Crippen MR) is 214 cm³/mol. The Morgan fingerprint density at radius 3 is 1.63 bits per heavy atom. The van der Waals surface area contributed by atoms with Crippen molar-refractivity contribution in [1.82, 2.24) is 0 Å². The van der Waals surface area contributed by atoms with Crippen LogP contribution in [0.1, 0.15) is 199 Å². The molecule has 4 aliphatic rings. The number of rotatable bonds is 13. The summed E-state index contributed by atoms with van der Waals surface area (Å²) in [5, 5.41) is 0. The second kappa shape index (κ2) is 19.6. The molecule has 7 atom stereocenters. The lowest BCUT2D eigenvalue weighted by molar-refractivity contribution is -0.215. The molecule has 0 aliphatic heterocycles. The lowest BCUT2D eigenvalue weighted by Gasteiger charge is -2.37. The Labute approximate surface area is 321 Å². The minimum atomic E-state index is -0.378. The van der Waals surface area contributed by atoms with E-state index in [2.05, 4.69) is 90.0 Å². The maximum atomic E-state index is 13.3. The van der Waals surface area contributed by atoms with Crippen molar-refractivity contribution in [2.45, 2.75) is 218 Å². The summed E-state index contributed by atoms with van der Waals surface area (Å²) in [5.41, 5.74) is 0.181. The van der Waals surface area contributed by atoms with Crippen LogP contribution in [-0.2, 0) is 28.5 Å². The van der Waals surface area contributed by atoms with Gasteiger partial charge in [-0.15, -0.1) is 0 Å². The molecule has 52 heavy (non-hydrogen) atoms. The van der Waals surface area contributed by atoms with E-state index in [0.29, 0.717) is 24.4 Å². The molecule has 0 saturated heterocycles.